The maximum absolute atomic E-state index is 2.44. The van der Waals surface area contributed by atoms with Gasteiger partial charge in [0.25, 0.3) is 0 Å². The molecule has 2 aromatic carbocycles. The molecule has 3 aromatic rings. The maximum atomic E-state index is 2.44. The monoisotopic (exact) mass is 316 g/mol. The zero-order chi connectivity index (χ0) is 16.5. The first-order valence-electron chi connectivity index (χ1n) is 9.23. The molecule has 0 aliphatic heterocycles. The lowest BCUT2D eigenvalue weighted by molar-refractivity contribution is -0.633. The number of fused-ring (bicyclic) bond motifs is 1. The molecule has 0 atom stereocenters. The van der Waals surface area contributed by atoms with Gasteiger partial charge in [0.15, 0.2) is 0 Å². The zero-order valence-electron chi connectivity index (χ0n) is 14.8. The number of hydrogen-bond acceptors (Lipinski definition) is 0. The van der Waals surface area contributed by atoms with Crippen molar-refractivity contribution in [1.29, 1.82) is 0 Å². The van der Waals surface area contributed by atoms with Crippen LogP contribution in [0.3, 0.4) is 0 Å². The third-order valence-electron chi connectivity index (χ3n) is 5.70. The van der Waals surface area contributed by atoms with E-state index in [4.69, 9.17) is 0 Å². The molecule has 1 aliphatic carbocycles. The first-order chi connectivity index (χ1) is 11.7. The lowest BCUT2D eigenvalue weighted by Crippen LogP contribution is -2.32. The molecule has 1 heterocycles. The predicted octanol–water partition coefficient (Wildman–Crippen LogP) is 5.69. The van der Waals surface area contributed by atoms with E-state index >= 15 is 0 Å². The molecule has 1 fully saturated rings. The molecule has 122 valence electrons. The van der Waals surface area contributed by atoms with Crippen LogP contribution in [0.2, 0.25) is 0 Å². The Bertz CT molecular complexity index is 872. The number of nitrogens with zero attached hydrogens (tertiary/aromatic N) is 1. The van der Waals surface area contributed by atoms with E-state index < -0.39 is 0 Å². The van der Waals surface area contributed by atoms with Crippen LogP contribution in [0.1, 0.15) is 49.1 Å². The summed E-state index contributed by atoms with van der Waals surface area (Å²) in [7, 11) is 2.20. The van der Waals surface area contributed by atoms with Crippen LogP contribution in [-0.4, -0.2) is 0 Å². The summed E-state index contributed by atoms with van der Waals surface area (Å²) in [6.07, 6.45) is 6.89. The highest BCUT2D eigenvalue weighted by molar-refractivity contribution is 5.78. The Labute approximate surface area is 145 Å². The number of rotatable bonds is 2. The van der Waals surface area contributed by atoms with Crippen molar-refractivity contribution in [1.82, 2.24) is 0 Å². The van der Waals surface area contributed by atoms with Gasteiger partial charge in [0.2, 0.25) is 11.2 Å². The van der Waals surface area contributed by atoms with Gasteiger partial charge in [0.05, 0.1) is 0 Å². The fourth-order valence-electron chi connectivity index (χ4n) is 4.22. The van der Waals surface area contributed by atoms with Gasteiger partial charge in [-0.3, -0.25) is 0 Å². The Morgan fingerprint density at radius 1 is 0.875 bits per heavy atom. The molecular weight excluding hydrogens is 290 g/mol. The Kier molecular flexibility index (Phi) is 4.10. The highest BCUT2D eigenvalue weighted by Crippen LogP contribution is 2.33. The summed E-state index contributed by atoms with van der Waals surface area (Å²) in [5, 5.41) is 1.33. The molecule has 1 heteroatoms. The van der Waals surface area contributed by atoms with Gasteiger partial charge in [0.1, 0.15) is 7.05 Å². The van der Waals surface area contributed by atoms with Gasteiger partial charge in [-0.15, -0.1) is 0 Å². The molecule has 0 N–H and O–H groups in total. The Morgan fingerprint density at radius 3 is 2.42 bits per heavy atom. The van der Waals surface area contributed by atoms with Crippen molar-refractivity contribution < 1.29 is 4.57 Å². The van der Waals surface area contributed by atoms with Crippen molar-refractivity contribution in [3.05, 3.63) is 65.7 Å². The quantitative estimate of drug-likeness (QED) is 0.535. The third kappa shape index (κ3) is 2.73. The molecule has 24 heavy (non-hydrogen) atoms. The van der Waals surface area contributed by atoms with Gasteiger partial charge in [-0.2, -0.15) is 4.57 Å². The summed E-state index contributed by atoms with van der Waals surface area (Å²) in [4.78, 5) is 0. The van der Waals surface area contributed by atoms with Crippen molar-refractivity contribution in [3.63, 3.8) is 0 Å². The van der Waals surface area contributed by atoms with Crippen LogP contribution in [0.4, 0.5) is 0 Å². The van der Waals surface area contributed by atoms with Crippen LogP contribution in [0.5, 0.6) is 0 Å². The highest BCUT2D eigenvalue weighted by atomic mass is 14.9. The molecule has 1 nitrogen and oxygen atoms in total. The number of aryl methyl sites for hydroxylation is 2. The van der Waals surface area contributed by atoms with Crippen molar-refractivity contribution in [2.75, 3.05) is 0 Å². The SMILES string of the molecule is Cc1ccccc1-c1ccc2ccc(C3CCCCC3)cc2[n+]1C. The minimum absolute atomic E-state index is 0.755. The fraction of sp³-hybridized carbons (Fsp3) is 0.348. The number of benzene rings is 2. The molecule has 1 aliphatic rings. The second-order valence-corrected chi connectivity index (χ2v) is 7.25. The summed E-state index contributed by atoms with van der Waals surface area (Å²) < 4.78 is 2.37. The summed E-state index contributed by atoms with van der Waals surface area (Å²) in [5.74, 6) is 0.755. The number of hydrogen-bond donors (Lipinski definition) is 0. The van der Waals surface area contributed by atoms with E-state index in [9.17, 15) is 0 Å². The smallest absolute Gasteiger partial charge is 0.194 e. The van der Waals surface area contributed by atoms with Crippen molar-refractivity contribution in [2.45, 2.75) is 44.9 Å². The van der Waals surface area contributed by atoms with Gasteiger partial charge in [-0.25, -0.2) is 0 Å². The molecule has 0 radical (unpaired) electrons. The molecule has 1 saturated carbocycles. The topological polar surface area (TPSA) is 3.88 Å². The van der Waals surface area contributed by atoms with E-state index in [1.165, 1.54) is 65.4 Å². The lowest BCUT2D eigenvalue weighted by atomic mass is 9.84. The molecule has 0 spiro atoms. The molecule has 0 amide bonds. The van der Waals surface area contributed by atoms with Gasteiger partial charge in [0, 0.05) is 23.1 Å². The van der Waals surface area contributed by atoms with E-state index in [1.54, 1.807) is 0 Å². The summed E-state index contributed by atoms with van der Waals surface area (Å²) >= 11 is 0. The second kappa shape index (κ2) is 6.39. The number of aromatic nitrogens is 1. The standard InChI is InChI=1S/C23H26N/c1-17-8-6-7-11-21(17)22-15-14-19-12-13-20(16-23(19)24(22)2)18-9-4-3-5-10-18/h6-8,11-16,18H,3-5,9-10H2,1-2H3/q+1. The van der Waals surface area contributed by atoms with E-state index in [2.05, 4.69) is 73.1 Å². The van der Waals surface area contributed by atoms with Crippen LogP contribution in [-0.2, 0) is 7.05 Å². The average molecular weight is 316 g/mol. The van der Waals surface area contributed by atoms with Gasteiger partial charge in [-0.1, -0.05) is 43.5 Å². The van der Waals surface area contributed by atoms with Crippen LogP contribution in [0.25, 0.3) is 22.2 Å². The predicted molar refractivity (Wildman–Crippen MR) is 101 cm³/mol. The van der Waals surface area contributed by atoms with Crippen LogP contribution >= 0.6 is 0 Å². The molecular formula is C23H26N+. The van der Waals surface area contributed by atoms with Gasteiger partial charge in [-0.05, 0) is 55.0 Å². The summed E-state index contributed by atoms with van der Waals surface area (Å²) in [5.41, 5.74) is 6.82. The van der Waals surface area contributed by atoms with E-state index in [1.807, 2.05) is 0 Å². The first kappa shape index (κ1) is 15.4. The Morgan fingerprint density at radius 2 is 1.62 bits per heavy atom. The maximum Gasteiger partial charge on any atom is 0.213 e. The highest BCUT2D eigenvalue weighted by Gasteiger charge is 2.19. The number of pyridine rings is 1. The summed E-state index contributed by atoms with van der Waals surface area (Å²) in [6, 6.07) is 20.3. The van der Waals surface area contributed by atoms with E-state index in [0.29, 0.717) is 0 Å². The first-order valence-corrected chi connectivity index (χ1v) is 9.23. The Balaban J connectivity index is 1.83. The minimum atomic E-state index is 0.755. The largest absolute Gasteiger partial charge is 0.213 e. The van der Waals surface area contributed by atoms with Crippen LogP contribution in [0, 0.1) is 6.92 Å². The van der Waals surface area contributed by atoms with Gasteiger partial charge >= 0.3 is 0 Å². The van der Waals surface area contributed by atoms with Gasteiger partial charge < -0.3 is 0 Å². The van der Waals surface area contributed by atoms with Crippen molar-refractivity contribution >= 4 is 10.9 Å². The lowest BCUT2D eigenvalue weighted by Gasteiger charge is -2.21. The van der Waals surface area contributed by atoms with Crippen LogP contribution < -0.4 is 4.57 Å². The van der Waals surface area contributed by atoms with E-state index in [-0.39, 0.29) is 0 Å². The molecule has 4 rings (SSSR count). The average Bonchev–Trinajstić information content (AvgIpc) is 2.63. The molecule has 0 saturated heterocycles. The van der Waals surface area contributed by atoms with Crippen molar-refractivity contribution in [2.24, 2.45) is 7.05 Å². The van der Waals surface area contributed by atoms with Crippen molar-refractivity contribution in [3.8, 4) is 11.3 Å². The zero-order valence-corrected chi connectivity index (χ0v) is 14.8. The second-order valence-electron chi connectivity index (χ2n) is 7.25. The normalized spacial score (nSPS) is 15.8. The molecule has 0 unspecified atom stereocenters. The summed E-state index contributed by atoms with van der Waals surface area (Å²) in [6.45, 7) is 2.19. The van der Waals surface area contributed by atoms with E-state index in [0.717, 1.165) is 5.92 Å². The fourth-order valence-corrected chi connectivity index (χ4v) is 4.22. The molecule has 1 aromatic heterocycles. The molecule has 0 bridgehead atoms. The van der Waals surface area contributed by atoms with Crippen LogP contribution in [0.15, 0.2) is 54.6 Å². The Hall–Kier alpha value is -2.15. The minimum Gasteiger partial charge on any atom is -0.194 e. The third-order valence-corrected chi connectivity index (χ3v) is 5.70.